The normalized spacial score (nSPS) is 12.1. The van der Waals surface area contributed by atoms with Gasteiger partial charge in [-0.1, -0.05) is 54.2 Å². The predicted molar refractivity (Wildman–Crippen MR) is 122 cm³/mol. The quantitative estimate of drug-likeness (QED) is 0.452. The molecular formula is C23H23N5O2S. The van der Waals surface area contributed by atoms with Crippen LogP contribution in [-0.4, -0.2) is 24.7 Å². The molecule has 1 atom stereocenters. The average molecular weight is 434 g/mol. The van der Waals surface area contributed by atoms with Crippen LogP contribution in [0.1, 0.15) is 40.4 Å². The standard InChI is InChI=1S/C23H23N5O2S/c1-14-9-10-15(2)19(11-14)28-20(12-18-13-21(29)25-22(30)24-18)26-27-23(28)31-16(3)17-7-5-4-6-8-17/h4-11,13,16H,12H2,1-3H3,(H2,24,25,29,30). The van der Waals surface area contributed by atoms with Crippen molar-refractivity contribution in [3.63, 3.8) is 0 Å². The summed E-state index contributed by atoms with van der Waals surface area (Å²) >= 11 is 1.62. The van der Waals surface area contributed by atoms with Crippen LogP contribution in [0, 0.1) is 13.8 Å². The van der Waals surface area contributed by atoms with Crippen molar-refractivity contribution < 1.29 is 0 Å². The molecule has 2 aromatic heterocycles. The third-order valence-corrected chi connectivity index (χ3v) is 6.12. The topological polar surface area (TPSA) is 96.4 Å². The van der Waals surface area contributed by atoms with Crippen LogP contribution in [0.5, 0.6) is 0 Å². The van der Waals surface area contributed by atoms with Gasteiger partial charge in [0.1, 0.15) is 5.82 Å². The number of thioether (sulfide) groups is 1. The first-order chi connectivity index (χ1) is 14.9. The summed E-state index contributed by atoms with van der Waals surface area (Å²) < 4.78 is 2.02. The van der Waals surface area contributed by atoms with Crippen molar-refractivity contribution in [1.29, 1.82) is 0 Å². The van der Waals surface area contributed by atoms with Gasteiger partial charge >= 0.3 is 5.69 Å². The second-order valence-electron chi connectivity index (χ2n) is 7.48. The van der Waals surface area contributed by atoms with Gasteiger partial charge < -0.3 is 4.98 Å². The zero-order chi connectivity index (χ0) is 22.0. The van der Waals surface area contributed by atoms with E-state index in [9.17, 15) is 9.59 Å². The lowest BCUT2D eigenvalue weighted by molar-refractivity contribution is 0.821. The third kappa shape index (κ3) is 4.69. The smallest absolute Gasteiger partial charge is 0.311 e. The van der Waals surface area contributed by atoms with Gasteiger partial charge in [0.2, 0.25) is 0 Å². The van der Waals surface area contributed by atoms with Crippen LogP contribution < -0.4 is 11.2 Å². The Hall–Kier alpha value is -3.39. The molecule has 0 saturated heterocycles. The maximum Gasteiger partial charge on any atom is 0.325 e. The van der Waals surface area contributed by atoms with E-state index in [1.165, 1.54) is 11.6 Å². The van der Waals surface area contributed by atoms with Gasteiger partial charge in [0.25, 0.3) is 5.56 Å². The molecular weight excluding hydrogens is 410 g/mol. The third-order valence-electron chi connectivity index (χ3n) is 5.02. The molecule has 158 valence electrons. The van der Waals surface area contributed by atoms with Crippen LogP contribution in [0.3, 0.4) is 0 Å². The Morgan fingerprint density at radius 1 is 1.00 bits per heavy atom. The van der Waals surface area contributed by atoms with E-state index in [4.69, 9.17) is 0 Å². The van der Waals surface area contributed by atoms with Gasteiger partial charge in [-0.2, -0.15) is 0 Å². The fraction of sp³-hybridized carbons (Fsp3) is 0.217. The lowest BCUT2D eigenvalue weighted by Gasteiger charge is -2.16. The molecule has 0 bridgehead atoms. The van der Waals surface area contributed by atoms with E-state index < -0.39 is 11.2 Å². The van der Waals surface area contributed by atoms with E-state index in [0.29, 0.717) is 11.5 Å². The number of aryl methyl sites for hydroxylation is 2. The van der Waals surface area contributed by atoms with Gasteiger partial charge in [-0.05, 0) is 43.5 Å². The van der Waals surface area contributed by atoms with E-state index in [1.807, 2.05) is 36.6 Å². The molecule has 2 aromatic carbocycles. The van der Waals surface area contributed by atoms with Crippen molar-refractivity contribution in [1.82, 2.24) is 24.7 Å². The van der Waals surface area contributed by atoms with Crippen molar-refractivity contribution in [2.45, 2.75) is 37.6 Å². The largest absolute Gasteiger partial charge is 0.325 e. The van der Waals surface area contributed by atoms with Crippen LogP contribution >= 0.6 is 11.8 Å². The molecule has 0 fully saturated rings. The van der Waals surface area contributed by atoms with Gasteiger partial charge in [-0.3, -0.25) is 14.3 Å². The monoisotopic (exact) mass is 433 g/mol. The summed E-state index contributed by atoms with van der Waals surface area (Å²) in [6, 6.07) is 17.8. The van der Waals surface area contributed by atoms with Crippen molar-refractivity contribution in [3.8, 4) is 5.69 Å². The number of aromatic amines is 2. The van der Waals surface area contributed by atoms with Gasteiger partial charge in [-0.25, -0.2) is 4.79 Å². The van der Waals surface area contributed by atoms with Crippen molar-refractivity contribution in [2.24, 2.45) is 0 Å². The Morgan fingerprint density at radius 3 is 2.52 bits per heavy atom. The Kier molecular flexibility index (Phi) is 5.90. The molecule has 2 heterocycles. The second kappa shape index (κ2) is 8.77. The second-order valence-corrected chi connectivity index (χ2v) is 8.79. The zero-order valence-electron chi connectivity index (χ0n) is 17.5. The molecule has 4 rings (SSSR count). The Balaban J connectivity index is 1.79. The van der Waals surface area contributed by atoms with Crippen molar-refractivity contribution in [3.05, 3.63) is 104 Å². The molecule has 0 amide bonds. The fourth-order valence-corrected chi connectivity index (χ4v) is 4.44. The zero-order valence-corrected chi connectivity index (χ0v) is 18.4. The summed E-state index contributed by atoms with van der Waals surface area (Å²) in [6.07, 6.45) is 0.278. The van der Waals surface area contributed by atoms with Gasteiger partial charge in [0.05, 0.1) is 5.69 Å². The van der Waals surface area contributed by atoms with E-state index >= 15 is 0 Å². The van der Waals surface area contributed by atoms with Crippen LogP contribution in [0.4, 0.5) is 0 Å². The highest BCUT2D eigenvalue weighted by molar-refractivity contribution is 7.99. The molecule has 0 radical (unpaired) electrons. The minimum Gasteiger partial charge on any atom is -0.311 e. The molecule has 0 aliphatic rings. The van der Waals surface area contributed by atoms with Crippen LogP contribution in [0.25, 0.3) is 5.69 Å². The molecule has 31 heavy (non-hydrogen) atoms. The van der Waals surface area contributed by atoms with Gasteiger partial charge in [0, 0.05) is 23.4 Å². The predicted octanol–water partition coefficient (Wildman–Crippen LogP) is 3.70. The molecule has 1 unspecified atom stereocenters. The molecule has 8 heteroatoms. The first-order valence-electron chi connectivity index (χ1n) is 9.97. The minimum absolute atomic E-state index is 0.168. The number of hydrogen-bond donors (Lipinski definition) is 2. The maximum absolute atomic E-state index is 11.7. The lowest BCUT2D eigenvalue weighted by atomic mass is 10.1. The summed E-state index contributed by atoms with van der Waals surface area (Å²) in [5.74, 6) is 0.651. The molecule has 7 nitrogen and oxygen atoms in total. The molecule has 2 N–H and O–H groups in total. The van der Waals surface area contributed by atoms with E-state index in [2.05, 4.69) is 57.4 Å². The molecule has 0 aliphatic heterocycles. The van der Waals surface area contributed by atoms with Crippen LogP contribution in [0.2, 0.25) is 0 Å². The highest BCUT2D eigenvalue weighted by Gasteiger charge is 2.20. The highest BCUT2D eigenvalue weighted by Crippen LogP contribution is 2.36. The molecule has 0 saturated carbocycles. The number of hydrogen-bond acceptors (Lipinski definition) is 5. The molecule has 0 aliphatic carbocycles. The Morgan fingerprint density at radius 2 is 1.77 bits per heavy atom. The summed E-state index contributed by atoms with van der Waals surface area (Å²) in [7, 11) is 0. The number of nitrogens with zero attached hydrogens (tertiary/aromatic N) is 3. The highest BCUT2D eigenvalue weighted by atomic mass is 32.2. The molecule has 4 aromatic rings. The fourth-order valence-electron chi connectivity index (χ4n) is 3.43. The van der Waals surface area contributed by atoms with E-state index in [-0.39, 0.29) is 11.7 Å². The Bertz CT molecular complexity index is 1300. The molecule has 0 spiro atoms. The van der Waals surface area contributed by atoms with E-state index in [1.54, 1.807) is 11.8 Å². The lowest BCUT2D eigenvalue weighted by Crippen LogP contribution is -2.23. The minimum atomic E-state index is -0.535. The Labute approximate surface area is 183 Å². The summed E-state index contributed by atoms with van der Waals surface area (Å²) in [6.45, 7) is 6.22. The van der Waals surface area contributed by atoms with Gasteiger partial charge in [-0.15, -0.1) is 10.2 Å². The van der Waals surface area contributed by atoms with Crippen LogP contribution in [0.15, 0.2) is 69.3 Å². The number of aromatic nitrogens is 5. The number of nitrogens with one attached hydrogen (secondary N) is 2. The number of benzene rings is 2. The maximum atomic E-state index is 11.7. The van der Waals surface area contributed by atoms with Gasteiger partial charge in [0.15, 0.2) is 5.16 Å². The van der Waals surface area contributed by atoms with Crippen molar-refractivity contribution >= 4 is 11.8 Å². The van der Waals surface area contributed by atoms with E-state index in [0.717, 1.165) is 22.0 Å². The number of rotatable bonds is 6. The van der Waals surface area contributed by atoms with Crippen LogP contribution in [-0.2, 0) is 6.42 Å². The summed E-state index contributed by atoms with van der Waals surface area (Å²) in [5.41, 5.74) is 3.90. The first-order valence-corrected chi connectivity index (χ1v) is 10.8. The number of H-pyrrole nitrogens is 2. The SMILES string of the molecule is Cc1ccc(C)c(-n2c(Cc3cc(=O)[nH]c(=O)[nH]3)nnc2SC(C)c2ccccc2)c1. The van der Waals surface area contributed by atoms with Crippen molar-refractivity contribution in [2.75, 3.05) is 0 Å². The average Bonchev–Trinajstić information content (AvgIpc) is 3.11. The summed E-state index contributed by atoms with van der Waals surface area (Å²) in [5, 5.41) is 9.82. The first kappa shape index (κ1) is 20.9. The summed E-state index contributed by atoms with van der Waals surface area (Å²) in [4.78, 5) is 28.3.